The van der Waals surface area contributed by atoms with E-state index in [2.05, 4.69) is 15.3 Å². The minimum absolute atomic E-state index is 0.0287. The molecule has 6 heteroatoms. The molecule has 90 valence electrons. The minimum atomic E-state index is -0.890. The van der Waals surface area contributed by atoms with Crippen molar-refractivity contribution in [1.82, 2.24) is 9.97 Å². The fourth-order valence-corrected chi connectivity index (χ4v) is 1.34. The quantitative estimate of drug-likeness (QED) is 0.795. The summed E-state index contributed by atoms with van der Waals surface area (Å²) in [6, 6.07) is 1.63. The number of nitriles is 1. The number of hydrogen-bond acceptors (Lipinski definition) is 5. The molecule has 0 aliphatic rings. The number of aromatic nitrogens is 2. The molecule has 0 bridgehead atoms. The molecule has 0 amide bonds. The van der Waals surface area contributed by atoms with Gasteiger partial charge in [-0.15, -0.1) is 0 Å². The van der Waals surface area contributed by atoms with Crippen LogP contribution in [0.5, 0.6) is 0 Å². The number of carboxylic acids is 1. The highest BCUT2D eigenvalue weighted by Crippen LogP contribution is 2.15. The largest absolute Gasteiger partial charge is 0.481 e. The predicted octanol–water partition coefficient (Wildman–Crippen LogP) is 1.26. The van der Waals surface area contributed by atoms with Gasteiger partial charge in [-0.3, -0.25) is 4.79 Å². The highest BCUT2D eigenvalue weighted by Gasteiger charge is 2.18. The summed E-state index contributed by atoms with van der Waals surface area (Å²) in [5, 5.41) is 20.6. The molecular formula is C11H14N4O2. The molecule has 0 spiro atoms. The lowest BCUT2D eigenvalue weighted by atomic mass is 10.0. The molecule has 17 heavy (non-hydrogen) atoms. The van der Waals surface area contributed by atoms with E-state index in [4.69, 9.17) is 10.4 Å². The van der Waals surface area contributed by atoms with Crippen molar-refractivity contribution in [3.05, 3.63) is 18.1 Å². The van der Waals surface area contributed by atoms with E-state index in [0.29, 0.717) is 5.82 Å². The molecule has 6 nitrogen and oxygen atoms in total. The third-order valence-electron chi connectivity index (χ3n) is 2.33. The average molecular weight is 234 g/mol. The number of carboxylic acid groups (broad SMARTS) is 1. The van der Waals surface area contributed by atoms with Crippen molar-refractivity contribution < 1.29 is 9.90 Å². The molecule has 1 unspecified atom stereocenters. The molecule has 1 heterocycles. The van der Waals surface area contributed by atoms with Crippen LogP contribution in [0.3, 0.4) is 0 Å². The third kappa shape index (κ3) is 3.72. The second-order valence-corrected chi connectivity index (χ2v) is 3.96. The standard InChI is InChI=1S/C11H14N4O2/c1-7(2)8(5-10(16)17)15-11-9(6-12)13-3-4-14-11/h3-4,7-8H,5H2,1-2H3,(H,14,15)(H,16,17). The van der Waals surface area contributed by atoms with E-state index in [0.717, 1.165) is 0 Å². The fraction of sp³-hybridized carbons (Fsp3) is 0.455. The van der Waals surface area contributed by atoms with E-state index in [9.17, 15) is 4.79 Å². The smallest absolute Gasteiger partial charge is 0.305 e. The van der Waals surface area contributed by atoms with E-state index >= 15 is 0 Å². The first-order chi connectivity index (χ1) is 8.04. The first-order valence-electron chi connectivity index (χ1n) is 5.24. The van der Waals surface area contributed by atoms with E-state index in [1.54, 1.807) is 0 Å². The lowest BCUT2D eigenvalue weighted by Crippen LogP contribution is -2.29. The zero-order valence-electron chi connectivity index (χ0n) is 9.71. The summed E-state index contributed by atoms with van der Waals surface area (Å²) in [6.07, 6.45) is 2.85. The Morgan fingerprint density at radius 2 is 2.18 bits per heavy atom. The Balaban J connectivity index is 2.86. The molecule has 1 atom stereocenters. The number of aliphatic carboxylic acids is 1. The fourth-order valence-electron chi connectivity index (χ4n) is 1.34. The lowest BCUT2D eigenvalue weighted by molar-refractivity contribution is -0.137. The Kier molecular flexibility index (Phi) is 4.40. The number of anilines is 1. The SMILES string of the molecule is CC(C)C(CC(=O)O)Nc1nccnc1C#N. The van der Waals surface area contributed by atoms with Gasteiger partial charge in [0.15, 0.2) is 11.5 Å². The summed E-state index contributed by atoms with van der Waals surface area (Å²) < 4.78 is 0. The Morgan fingerprint density at radius 1 is 1.53 bits per heavy atom. The number of nitrogens with one attached hydrogen (secondary N) is 1. The van der Waals surface area contributed by atoms with Gasteiger partial charge in [-0.1, -0.05) is 13.8 Å². The van der Waals surface area contributed by atoms with Gasteiger partial charge in [0, 0.05) is 18.4 Å². The summed E-state index contributed by atoms with van der Waals surface area (Å²) in [5.74, 6) is -0.451. The molecule has 0 saturated carbocycles. The van der Waals surface area contributed by atoms with E-state index in [-0.39, 0.29) is 24.1 Å². The molecule has 1 aromatic rings. The van der Waals surface area contributed by atoms with Gasteiger partial charge in [-0.05, 0) is 5.92 Å². The number of nitrogens with zero attached hydrogens (tertiary/aromatic N) is 3. The predicted molar refractivity (Wildman–Crippen MR) is 61.2 cm³/mol. The van der Waals surface area contributed by atoms with Crippen LogP contribution in [0.1, 0.15) is 26.0 Å². The van der Waals surface area contributed by atoms with Gasteiger partial charge in [0.2, 0.25) is 0 Å². The van der Waals surface area contributed by atoms with Crippen molar-refractivity contribution in [3.63, 3.8) is 0 Å². The van der Waals surface area contributed by atoms with Crippen LogP contribution in [-0.4, -0.2) is 27.1 Å². The summed E-state index contributed by atoms with van der Waals surface area (Å²) in [6.45, 7) is 3.81. The Bertz CT molecular complexity index is 439. The topological polar surface area (TPSA) is 98.9 Å². The maximum atomic E-state index is 10.7. The zero-order chi connectivity index (χ0) is 12.8. The highest BCUT2D eigenvalue weighted by molar-refractivity contribution is 5.68. The second-order valence-electron chi connectivity index (χ2n) is 3.96. The molecule has 0 aromatic carbocycles. The maximum absolute atomic E-state index is 10.7. The molecule has 1 aromatic heterocycles. The van der Waals surface area contributed by atoms with Crippen LogP contribution in [0, 0.1) is 17.2 Å². The zero-order valence-corrected chi connectivity index (χ0v) is 9.71. The number of hydrogen-bond donors (Lipinski definition) is 2. The van der Waals surface area contributed by atoms with Gasteiger partial charge in [0.25, 0.3) is 0 Å². The first kappa shape index (κ1) is 12.9. The van der Waals surface area contributed by atoms with Crippen LogP contribution < -0.4 is 5.32 Å². The van der Waals surface area contributed by atoms with E-state index in [1.165, 1.54) is 12.4 Å². The normalized spacial score (nSPS) is 11.9. The van der Waals surface area contributed by atoms with Crippen molar-refractivity contribution >= 4 is 11.8 Å². The Hall–Kier alpha value is -2.16. The van der Waals surface area contributed by atoms with Gasteiger partial charge in [0.1, 0.15) is 6.07 Å². The van der Waals surface area contributed by atoms with Crippen LogP contribution in [0.15, 0.2) is 12.4 Å². The summed E-state index contributed by atoms with van der Waals surface area (Å²) in [5.41, 5.74) is 0.170. The van der Waals surface area contributed by atoms with Crippen molar-refractivity contribution in [1.29, 1.82) is 5.26 Å². The van der Waals surface area contributed by atoms with Crippen LogP contribution in [0.4, 0.5) is 5.82 Å². The molecule has 2 N–H and O–H groups in total. The van der Waals surface area contributed by atoms with E-state index < -0.39 is 5.97 Å². The Morgan fingerprint density at radius 3 is 2.71 bits per heavy atom. The van der Waals surface area contributed by atoms with Gasteiger partial charge >= 0.3 is 5.97 Å². The van der Waals surface area contributed by atoms with Crippen LogP contribution >= 0.6 is 0 Å². The van der Waals surface area contributed by atoms with Gasteiger partial charge in [-0.2, -0.15) is 5.26 Å². The monoisotopic (exact) mass is 234 g/mol. The second kappa shape index (κ2) is 5.80. The van der Waals surface area contributed by atoms with E-state index in [1.807, 2.05) is 19.9 Å². The highest BCUT2D eigenvalue weighted by atomic mass is 16.4. The van der Waals surface area contributed by atoms with Crippen LogP contribution in [0.25, 0.3) is 0 Å². The summed E-state index contributed by atoms with van der Waals surface area (Å²) in [4.78, 5) is 18.6. The first-order valence-corrected chi connectivity index (χ1v) is 5.24. The maximum Gasteiger partial charge on any atom is 0.305 e. The molecule has 0 aliphatic carbocycles. The average Bonchev–Trinajstić information content (AvgIpc) is 2.28. The Labute approximate surface area is 99.3 Å². The third-order valence-corrected chi connectivity index (χ3v) is 2.33. The molecule has 0 aliphatic heterocycles. The number of rotatable bonds is 5. The van der Waals surface area contributed by atoms with Crippen molar-refractivity contribution in [2.75, 3.05) is 5.32 Å². The molecule has 0 radical (unpaired) electrons. The molecule has 0 saturated heterocycles. The van der Waals surface area contributed by atoms with Crippen LogP contribution in [0.2, 0.25) is 0 Å². The summed E-state index contributed by atoms with van der Waals surface area (Å²) in [7, 11) is 0. The van der Waals surface area contributed by atoms with Crippen LogP contribution in [-0.2, 0) is 4.79 Å². The lowest BCUT2D eigenvalue weighted by Gasteiger charge is -2.21. The van der Waals surface area contributed by atoms with Gasteiger partial charge in [-0.25, -0.2) is 9.97 Å². The number of carbonyl (C=O) groups is 1. The van der Waals surface area contributed by atoms with Gasteiger partial charge < -0.3 is 10.4 Å². The minimum Gasteiger partial charge on any atom is -0.481 e. The van der Waals surface area contributed by atoms with Gasteiger partial charge in [0.05, 0.1) is 6.42 Å². The van der Waals surface area contributed by atoms with Crippen molar-refractivity contribution in [2.24, 2.45) is 5.92 Å². The molecular weight excluding hydrogens is 220 g/mol. The molecule has 0 fully saturated rings. The summed E-state index contributed by atoms with van der Waals surface area (Å²) >= 11 is 0. The molecule has 1 rings (SSSR count). The van der Waals surface area contributed by atoms with Crippen molar-refractivity contribution in [2.45, 2.75) is 26.3 Å². The van der Waals surface area contributed by atoms with Crippen molar-refractivity contribution in [3.8, 4) is 6.07 Å².